The van der Waals surface area contributed by atoms with Crippen LogP contribution in [-0.2, 0) is 22.8 Å². The molecule has 2 aromatic heterocycles. The zero-order chi connectivity index (χ0) is 25.2. The van der Waals surface area contributed by atoms with E-state index in [1.165, 1.54) is 12.1 Å². The lowest BCUT2D eigenvalue weighted by molar-refractivity contribution is -0.159. The number of piperidine rings is 1. The quantitative estimate of drug-likeness (QED) is 0.471. The summed E-state index contributed by atoms with van der Waals surface area (Å²) in [5.41, 5.74) is 6.45. The van der Waals surface area contributed by atoms with Crippen LogP contribution in [0.25, 0.3) is 11.5 Å². The van der Waals surface area contributed by atoms with Gasteiger partial charge in [-0.05, 0) is 70.1 Å². The van der Waals surface area contributed by atoms with E-state index in [4.69, 9.17) is 10.2 Å². The maximum absolute atomic E-state index is 13.3. The second-order valence-corrected chi connectivity index (χ2v) is 8.98. The molecule has 0 spiro atoms. The lowest BCUT2D eigenvalue weighted by Gasteiger charge is -2.41. The van der Waals surface area contributed by atoms with E-state index >= 15 is 0 Å². The first-order chi connectivity index (χ1) is 16.6. The van der Waals surface area contributed by atoms with Gasteiger partial charge in [-0.2, -0.15) is 18.2 Å². The summed E-state index contributed by atoms with van der Waals surface area (Å²) in [6, 6.07) is 5.77. The fourth-order valence-corrected chi connectivity index (χ4v) is 4.44. The van der Waals surface area contributed by atoms with Gasteiger partial charge < -0.3 is 19.6 Å². The summed E-state index contributed by atoms with van der Waals surface area (Å²) in [6.07, 6.45) is -1.31. The average molecular weight is 495 g/mol. The fourth-order valence-electron chi connectivity index (χ4n) is 4.44. The van der Waals surface area contributed by atoms with Crippen LogP contribution in [0, 0.1) is 11.7 Å². The molecule has 2 N–H and O–H groups in total. The van der Waals surface area contributed by atoms with Crippen LogP contribution in [-0.4, -0.2) is 46.1 Å². The predicted molar refractivity (Wildman–Crippen MR) is 115 cm³/mol. The number of rotatable bonds is 8. The number of aryl methyl sites for hydroxylation is 1. The number of oxazole rings is 1. The Labute approximate surface area is 198 Å². The number of aromatic nitrogens is 3. The second-order valence-electron chi connectivity index (χ2n) is 8.98. The van der Waals surface area contributed by atoms with Crippen molar-refractivity contribution < 1.29 is 31.3 Å². The standard InChI is InChI=1S/C23H25F4N5O3/c1-32-10-8-22(9-11-32,17-13-34-20(29-17)14-2-5-16(24)6-3-14)12-15(19(28)33)4-7-18-30-21(35-31-18)23(25,26)27/h2-3,5-6,13,15H,4,7-12H2,1H3,(H2,28,33). The zero-order valence-electron chi connectivity index (χ0n) is 19.0. The van der Waals surface area contributed by atoms with Crippen molar-refractivity contribution >= 4 is 5.91 Å². The van der Waals surface area contributed by atoms with Crippen molar-refractivity contribution in [2.75, 3.05) is 20.1 Å². The number of primary amides is 1. The Balaban J connectivity index is 1.55. The molecule has 35 heavy (non-hydrogen) atoms. The molecular formula is C23H25F4N5O3. The molecule has 188 valence electrons. The topological polar surface area (TPSA) is 111 Å². The average Bonchev–Trinajstić information content (AvgIpc) is 3.49. The zero-order valence-corrected chi connectivity index (χ0v) is 19.0. The van der Waals surface area contributed by atoms with Gasteiger partial charge in [-0.15, -0.1) is 0 Å². The highest BCUT2D eigenvalue weighted by atomic mass is 19.4. The van der Waals surface area contributed by atoms with Crippen molar-refractivity contribution in [3.63, 3.8) is 0 Å². The van der Waals surface area contributed by atoms with Gasteiger partial charge in [-0.1, -0.05) is 5.16 Å². The Kier molecular flexibility index (Phi) is 6.93. The molecular weight excluding hydrogens is 470 g/mol. The van der Waals surface area contributed by atoms with Crippen LogP contribution in [0.3, 0.4) is 0 Å². The SMILES string of the molecule is CN1CCC(CC(CCc2noc(C(F)(F)F)n2)C(N)=O)(c2coc(-c3ccc(F)cc3)n2)CC1. The van der Waals surface area contributed by atoms with E-state index in [2.05, 4.69) is 24.5 Å². The number of amides is 1. The smallest absolute Gasteiger partial charge is 0.444 e. The van der Waals surface area contributed by atoms with Crippen molar-refractivity contribution in [2.24, 2.45) is 11.7 Å². The number of carbonyl (C=O) groups excluding carboxylic acids is 1. The minimum Gasteiger partial charge on any atom is -0.444 e. The molecule has 1 aromatic carbocycles. The molecule has 0 aliphatic carbocycles. The summed E-state index contributed by atoms with van der Waals surface area (Å²) in [7, 11) is 2.00. The number of benzene rings is 1. The van der Waals surface area contributed by atoms with Crippen LogP contribution in [0.15, 0.2) is 39.5 Å². The van der Waals surface area contributed by atoms with E-state index in [0.29, 0.717) is 36.4 Å². The molecule has 3 aromatic rings. The van der Waals surface area contributed by atoms with Crippen molar-refractivity contribution in [3.05, 3.63) is 53.8 Å². The van der Waals surface area contributed by atoms with Crippen LogP contribution < -0.4 is 5.73 Å². The molecule has 1 saturated heterocycles. The van der Waals surface area contributed by atoms with Gasteiger partial charge in [0.25, 0.3) is 0 Å². The van der Waals surface area contributed by atoms with Gasteiger partial charge in [0.1, 0.15) is 12.1 Å². The van der Waals surface area contributed by atoms with E-state index in [9.17, 15) is 22.4 Å². The lowest BCUT2D eigenvalue weighted by atomic mass is 9.69. The molecule has 8 nitrogen and oxygen atoms in total. The second kappa shape index (κ2) is 9.76. The van der Waals surface area contributed by atoms with Crippen LogP contribution in [0.1, 0.15) is 43.1 Å². The van der Waals surface area contributed by atoms with Crippen LogP contribution in [0.4, 0.5) is 17.6 Å². The first-order valence-corrected chi connectivity index (χ1v) is 11.2. The number of nitrogens with two attached hydrogens (primary N) is 1. The molecule has 0 saturated carbocycles. The van der Waals surface area contributed by atoms with E-state index in [-0.39, 0.29) is 24.5 Å². The number of alkyl halides is 3. The largest absolute Gasteiger partial charge is 0.471 e. The molecule has 0 radical (unpaired) electrons. The number of hydrogen-bond acceptors (Lipinski definition) is 7. The molecule has 12 heteroatoms. The molecule has 1 amide bonds. The summed E-state index contributed by atoms with van der Waals surface area (Å²) in [5, 5.41) is 3.37. The van der Waals surface area contributed by atoms with Crippen LogP contribution in [0.2, 0.25) is 0 Å². The predicted octanol–water partition coefficient (Wildman–Crippen LogP) is 3.97. The Morgan fingerprint density at radius 2 is 1.89 bits per heavy atom. The number of halogens is 4. The van der Waals surface area contributed by atoms with Gasteiger partial charge in [0, 0.05) is 23.3 Å². The lowest BCUT2D eigenvalue weighted by Crippen LogP contribution is -2.44. The third-order valence-corrected chi connectivity index (χ3v) is 6.55. The van der Waals surface area contributed by atoms with Crippen molar-refractivity contribution in [1.29, 1.82) is 0 Å². The molecule has 1 fully saturated rings. The van der Waals surface area contributed by atoms with Crippen LogP contribution >= 0.6 is 0 Å². The highest BCUT2D eigenvalue weighted by molar-refractivity contribution is 5.76. The Bertz CT molecular complexity index is 1150. The summed E-state index contributed by atoms with van der Waals surface area (Å²) >= 11 is 0. The third kappa shape index (κ3) is 5.69. The minimum atomic E-state index is -4.73. The van der Waals surface area contributed by atoms with Crippen molar-refractivity contribution in [3.8, 4) is 11.5 Å². The van der Waals surface area contributed by atoms with Gasteiger partial charge in [-0.3, -0.25) is 4.79 Å². The molecule has 1 aliphatic heterocycles. The third-order valence-electron chi connectivity index (χ3n) is 6.55. The van der Waals surface area contributed by atoms with Gasteiger partial charge >= 0.3 is 12.1 Å². The molecule has 3 heterocycles. The first-order valence-electron chi connectivity index (χ1n) is 11.2. The molecule has 1 unspecified atom stereocenters. The summed E-state index contributed by atoms with van der Waals surface area (Å²) in [4.78, 5) is 22.5. The normalized spacial score (nSPS) is 17.4. The number of hydrogen-bond donors (Lipinski definition) is 1. The van der Waals surface area contributed by atoms with Gasteiger partial charge in [0.15, 0.2) is 5.82 Å². The van der Waals surface area contributed by atoms with Crippen molar-refractivity contribution in [2.45, 2.75) is 43.7 Å². The van der Waals surface area contributed by atoms with E-state index in [0.717, 1.165) is 13.1 Å². The van der Waals surface area contributed by atoms with E-state index < -0.39 is 29.3 Å². The van der Waals surface area contributed by atoms with E-state index in [1.807, 2.05) is 7.05 Å². The number of nitrogens with zero attached hydrogens (tertiary/aromatic N) is 4. The van der Waals surface area contributed by atoms with Gasteiger partial charge in [-0.25, -0.2) is 9.37 Å². The molecule has 0 bridgehead atoms. The number of likely N-dealkylation sites (tertiary alicyclic amines) is 1. The Hall–Kier alpha value is -3.28. The first kappa shape index (κ1) is 24.8. The highest BCUT2D eigenvalue weighted by Crippen LogP contribution is 2.42. The number of carbonyl (C=O) groups is 1. The summed E-state index contributed by atoms with van der Waals surface area (Å²) in [5.74, 6) is -2.82. The summed E-state index contributed by atoms with van der Waals surface area (Å²) < 4.78 is 61.5. The Morgan fingerprint density at radius 1 is 1.20 bits per heavy atom. The molecule has 1 atom stereocenters. The highest BCUT2D eigenvalue weighted by Gasteiger charge is 2.42. The molecule has 4 rings (SSSR count). The minimum absolute atomic E-state index is 0.00279. The van der Waals surface area contributed by atoms with Gasteiger partial charge in [0.2, 0.25) is 11.8 Å². The molecule has 1 aliphatic rings. The maximum Gasteiger partial charge on any atom is 0.471 e. The maximum atomic E-state index is 13.3. The van der Waals surface area contributed by atoms with Crippen LogP contribution in [0.5, 0.6) is 0 Å². The van der Waals surface area contributed by atoms with Crippen molar-refractivity contribution in [1.82, 2.24) is 20.0 Å². The van der Waals surface area contributed by atoms with E-state index in [1.54, 1.807) is 18.4 Å². The Morgan fingerprint density at radius 3 is 2.49 bits per heavy atom. The fraction of sp³-hybridized carbons (Fsp3) is 0.478. The summed E-state index contributed by atoms with van der Waals surface area (Å²) in [6.45, 7) is 1.51. The monoisotopic (exact) mass is 495 g/mol. The van der Waals surface area contributed by atoms with Gasteiger partial charge in [0.05, 0.1) is 5.69 Å².